The Labute approximate surface area is 122 Å². The Morgan fingerprint density at radius 2 is 1.86 bits per heavy atom. The van der Waals surface area contributed by atoms with Crippen molar-refractivity contribution >= 4 is 21.9 Å². The van der Waals surface area contributed by atoms with Gasteiger partial charge in [0.05, 0.1) is 23.7 Å². The zero-order valence-electron chi connectivity index (χ0n) is 10.1. The molecule has 0 fully saturated rings. The number of ether oxygens (including phenoxy) is 2. The van der Waals surface area contributed by atoms with Crippen molar-refractivity contribution in [2.45, 2.75) is 19.0 Å². The number of carbonyl (C=O) groups excluding carboxylic acids is 1. The molecule has 0 radical (unpaired) electrons. The Balaban J connectivity index is 3.35. The standard InChI is InChI=1S/C10H6BrF6NO3/c1-20-6(19)3-4-2-5(11)7(21-10(15,16)17)8(18-4)9(12,13)14/h2H,3H2,1H3. The molecule has 21 heavy (non-hydrogen) atoms. The molecule has 1 rings (SSSR count). The molecule has 1 aromatic rings. The van der Waals surface area contributed by atoms with Gasteiger partial charge in [0.1, 0.15) is 0 Å². The number of hydrogen-bond acceptors (Lipinski definition) is 4. The minimum absolute atomic E-state index is 0.421. The number of esters is 1. The lowest BCUT2D eigenvalue weighted by atomic mass is 10.2. The van der Waals surface area contributed by atoms with Crippen LogP contribution in [0.5, 0.6) is 5.75 Å². The molecule has 0 aliphatic rings. The van der Waals surface area contributed by atoms with Crippen LogP contribution in [-0.4, -0.2) is 24.4 Å². The van der Waals surface area contributed by atoms with E-state index in [-0.39, 0.29) is 0 Å². The predicted molar refractivity (Wildman–Crippen MR) is 59.3 cm³/mol. The van der Waals surface area contributed by atoms with E-state index in [9.17, 15) is 31.1 Å². The van der Waals surface area contributed by atoms with Crippen molar-refractivity contribution in [1.29, 1.82) is 0 Å². The fourth-order valence-corrected chi connectivity index (χ4v) is 1.80. The lowest BCUT2D eigenvalue weighted by Crippen LogP contribution is -2.22. The second-order valence-corrected chi connectivity index (χ2v) is 4.43. The van der Waals surface area contributed by atoms with E-state index in [1.807, 2.05) is 0 Å². The summed E-state index contributed by atoms with van der Waals surface area (Å²) in [6, 6.07) is 0.813. The van der Waals surface area contributed by atoms with Gasteiger partial charge in [-0.2, -0.15) is 13.2 Å². The predicted octanol–water partition coefficient (Wildman–Crippen LogP) is 3.48. The third kappa shape index (κ3) is 5.06. The van der Waals surface area contributed by atoms with Gasteiger partial charge >= 0.3 is 18.5 Å². The van der Waals surface area contributed by atoms with Gasteiger partial charge < -0.3 is 9.47 Å². The largest absolute Gasteiger partial charge is 0.573 e. The molecule has 0 saturated carbocycles. The third-order valence-electron chi connectivity index (χ3n) is 2.02. The van der Waals surface area contributed by atoms with E-state index in [1.165, 1.54) is 0 Å². The first-order valence-electron chi connectivity index (χ1n) is 5.03. The van der Waals surface area contributed by atoms with Crippen molar-refractivity contribution in [3.05, 3.63) is 21.9 Å². The number of pyridine rings is 1. The summed E-state index contributed by atoms with van der Waals surface area (Å²) < 4.78 is 81.6. The molecule has 0 unspecified atom stereocenters. The average molecular weight is 382 g/mol. The van der Waals surface area contributed by atoms with Crippen molar-refractivity contribution in [1.82, 2.24) is 4.98 Å². The first-order valence-corrected chi connectivity index (χ1v) is 5.82. The van der Waals surface area contributed by atoms with Gasteiger partial charge in [-0.15, -0.1) is 13.2 Å². The highest BCUT2D eigenvalue weighted by Gasteiger charge is 2.42. The summed E-state index contributed by atoms with van der Waals surface area (Å²) in [4.78, 5) is 14.0. The molecule has 118 valence electrons. The highest BCUT2D eigenvalue weighted by molar-refractivity contribution is 9.10. The molecule has 0 amide bonds. The monoisotopic (exact) mass is 381 g/mol. The summed E-state index contributed by atoms with van der Waals surface area (Å²) in [6.07, 6.45) is -11.2. The number of methoxy groups -OCH3 is 1. The maximum Gasteiger partial charge on any atom is 0.573 e. The van der Waals surface area contributed by atoms with Gasteiger partial charge in [0.2, 0.25) is 0 Å². The highest BCUT2D eigenvalue weighted by Crippen LogP contribution is 2.41. The van der Waals surface area contributed by atoms with Crippen molar-refractivity contribution in [3.63, 3.8) is 0 Å². The minimum Gasteiger partial charge on any atom is -0.469 e. The third-order valence-corrected chi connectivity index (χ3v) is 2.61. The summed E-state index contributed by atoms with van der Waals surface area (Å²) in [5.74, 6) is -2.42. The van der Waals surface area contributed by atoms with Crippen LogP contribution in [0.2, 0.25) is 0 Å². The molecule has 0 saturated heterocycles. The van der Waals surface area contributed by atoms with Crippen LogP contribution in [0, 0.1) is 0 Å². The topological polar surface area (TPSA) is 48.4 Å². The molecule has 0 N–H and O–H groups in total. The molecule has 4 nitrogen and oxygen atoms in total. The normalized spacial score (nSPS) is 12.2. The zero-order valence-corrected chi connectivity index (χ0v) is 11.7. The van der Waals surface area contributed by atoms with Crippen molar-refractivity contribution in [2.75, 3.05) is 7.11 Å². The average Bonchev–Trinajstić information content (AvgIpc) is 2.29. The lowest BCUT2D eigenvalue weighted by molar-refractivity contribution is -0.276. The molecule has 1 heterocycles. The van der Waals surface area contributed by atoms with E-state index in [1.54, 1.807) is 0 Å². The Bertz CT molecular complexity index is 543. The van der Waals surface area contributed by atoms with Crippen LogP contribution >= 0.6 is 15.9 Å². The maximum atomic E-state index is 12.8. The second-order valence-electron chi connectivity index (χ2n) is 3.57. The van der Waals surface area contributed by atoms with Crippen LogP contribution in [0.4, 0.5) is 26.3 Å². The summed E-state index contributed by atoms with van der Waals surface area (Å²) in [5.41, 5.74) is -2.32. The van der Waals surface area contributed by atoms with E-state index < -0.39 is 46.5 Å². The van der Waals surface area contributed by atoms with Crippen LogP contribution in [0.15, 0.2) is 10.5 Å². The molecule has 0 atom stereocenters. The quantitative estimate of drug-likeness (QED) is 0.594. The number of carbonyl (C=O) groups is 1. The minimum atomic E-state index is -5.33. The van der Waals surface area contributed by atoms with E-state index >= 15 is 0 Å². The summed E-state index contributed by atoms with van der Waals surface area (Å²) >= 11 is 2.54. The van der Waals surface area contributed by atoms with Gasteiger partial charge in [-0.25, -0.2) is 4.98 Å². The van der Waals surface area contributed by atoms with Gasteiger partial charge in [0.25, 0.3) is 0 Å². The highest BCUT2D eigenvalue weighted by atomic mass is 79.9. The van der Waals surface area contributed by atoms with Gasteiger partial charge in [-0.1, -0.05) is 0 Å². The van der Waals surface area contributed by atoms with E-state index in [0.717, 1.165) is 13.2 Å². The smallest absolute Gasteiger partial charge is 0.469 e. The van der Waals surface area contributed by atoms with Gasteiger partial charge in [-0.3, -0.25) is 4.79 Å². The molecule has 1 aromatic heterocycles. The van der Waals surface area contributed by atoms with Crippen LogP contribution in [0.1, 0.15) is 11.4 Å². The molecule has 0 spiro atoms. The molecule has 0 aromatic carbocycles. The van der Waals surface area contributed by atoms with Gasteiger partial charge in [0.15, 0.2) is 11.4 Å². The Hall–Kier alpha value is -1.52. The van der Waals surface area contributed by atoms with Crippen molar-refractivity contribution < 1.29 is 40.6 Å². The first-order chi connectivity index (χ1) is 9.44. The lowest BCUT2D eigenvalue weighted by Gasteiger charge is -2.17. The van der Waals surface area contributed by atoms with Crippen LogP contribution < -0.4 is 4.74 Å². The van der Waals surface area contributed by atoms with Gasteiger partial charge in [-0.05, 0) is 22.0 Å². The van der Waals surface area contributed by atoms with E-state index in [2.05, 4.69) is 30.4 Å². The van der Waals surface area contributed by atoms with E-state index in [0.29, 0.717) is 0 Å². The molecular weight excluding hydrogens is 376 g/mol. The maximum absolute atomic E-state index is 12.8. The molecular formula is C10H6BrF6NO3. The summed E-state index contributed by atoms with van der Waals surface area (Å²) in [5, 5.41) is 0. The Morgan fingerprint density at radius 3 is 2.29 bits per heavy atom. The van der Waals surface area contributed by atoms with E-state index in [4.69, 9.17) is 0 Å². The van der Waals surface area contributed by atoms with Crippen LogP contribution in [0.25, 0.3) is 0 Å². The van der Waals surface area contributed by atoms with Gasteiger partial charge in [0, 0.05) is 0 Å². The van der Waals surface area contributed by atoms with Crippen LogP contribution in [0.3, 0.4) is 0 Å². The number of hydrogen-bond donors (Lipinski definition) is 0. The SMILES string of the molecule is COC(=O)Cc1cc(Br)c(OC(F)(F)F)c(C(F)(F)F)n1. The molecule has 0 bridgehead atoms. The molecule has 0 aliphatic heterocycles. The number of nitrogens with zero attached hydrogens (tertiary/aromatic N) is 1. The number of halogens is 7. The zero-order chi connectivity index (χ0) is 16.4. The number of rotatable bonds is 3. The Morgan fingerprint density at radius 1 is 1.29 bits per heavy atom. The number of alkyl halides is 6. The number of aromatic nitrogens is 1. The van der Waals surface area contributed by atoms with Crippen molar-refractivity contribution in [2.24, 2.45) is 0 Å². The fourth-order valence-electron chi connectivity index (χ4n) is 1.27. The second kappa shape index (κ2) is 6.08. The van der Waals surface area contributed by atoms with Crippen LogP contribution in [-0.2, 0) is 22.1 Å². The molecule has 0 aliphatic carbocycles. The fraction of sp³-hybridized carbons (Fsp3) is 0.400. The Kier molecular flexibility index (Phi) is 5.07. The summed E-state index contributed by atoms with van der Waals surface area (Å²) in [7, 11) is 1.00. The van der Waals surface area contributed by atoms with Crippen molar-refractivity contribution in [3.8, 4) is 5.75 Å². The first kappa shape index (κ1) is 17.5. The summed E-state index contributed by atoms with van der Waals surface area (Å²) in [6.45, 7) is 0. The molecule has 11 heteroatoms.